The fourth-order valence-corrected chi connectivity index (χ4v) is 1.77. The van der Waals surface area contributed by atoms with Gasteiger partial charge in [-0.15, -0.1) is 0 Å². The van der Waals surface area contributed by atoms with E-state index in [9.17, 15) is 9.59 Å². The number of hydrogen-bond donors (Lipinski definition) is 2. The number of imidazole rings is 1. The van der Waals surface area contributed by atoms with Crippen molar-refractivity contribution in [2.45, 2.75) is 26.4 Å². The summed E-state index contributed by atoms with van der Waals surface area (Å²) in [5.41, 5.74) is 1.23. The van der Waals surface area contributed by atoms with Gasteiger partial charge in [-0.3, -0.25) is 9.36 Å². The van der Waals surface area contributed by atoms with E-state index in [1.165, 1.54) is 4.57 Å². The van der Waals surface area contributed by atoms with Crippen LogP contribution in [0.3, 0.4) is 0 Å². The molecule has 0 atom stereocenters. The number of nitrogens with zero attached hydrogens (tertiary/aromatic N) is 1. The van der Waals surface area contributed by atoms with Gasteiger partial charge in [0.1, 0.15) is 6.54 Å². The number of nitrogens with one attached hydrogen (secondary N) is 2. The third-order valence-electron chi connectivity index (χ3n) is 2.43. The molecule has 0 saturated heterocycles. The van der Waals surface area contributed by atoms with Crippen molar-refractivity contribution in [2.75, 3.05) is 0 Å². The SMILES string of the molecule is CC(C)NC(=O)Cn1c(=O)[nH]c2ccccc21. The molecule has 0 aliphatic heterocycles. The van der Waals surface area contributed by atoms with Crippen molar-refractivity contribution in [3.05, 3.63) is 34.7 Å². The van der Waals surface area contributed by atoms with E-state index in [1.807, 2.05) is 38.1 Å². The highest BCUT2D eigenvalue weighted by Gasteiger charge is 2.10. The van der Waals surface area contributed by atoms with Crippen molar-refractivity contribution < 1.29 is 4.79 Å². The van der Waals surface area contributed by atoms with Crippen molar-refractivity contribution in [3.8, 4) is 0 Å². The van der Waals surface area contributed by atoms with Gasteiger partial charge in [0, 0.05) is 6.04 Å². The average Bonchev–Trinajstić information content (AvgIpc) is 2.55. The molecule has 1 aromatic heterocycles. The number of aromatic amines is 1. The summed E-state index contributed by atoms with van der Waals surface area (Å²) in [6, 6.07) is 7.38. The number of H-pyrrole nitrogens is 1. The lowest BCUT2D eigenvalue weighted by atomic mass is 10.3. The normalized spacial score (nSPS) is 11.0. The number of hydrogen-bond acceptors (Lipinski definition) is 2. The fraction of sp³-hybridized carbons (Fsp3) is 0.333. The van der Waals surface area contributed by atoms with Gasteiger partial charge in [-0.25, -0.2) is 4.79 Å². The van der Waals surface area contributed by atoms with E-state index >= 15 is 0 Å². The third kappa shape index (κ3) is 2.38. The second-order valence-corrected chi connectivity index (χ2v) is 4.26. The van der Waals surface area contributed by atoms with Gasteiger partial charge in [0.15, 0.2) is 0 Å². The summed E-state index contributed by atoms with van der Waals surface area (Å²) in [6.07, 6.45) is 0. The minimum Gasteiger partial charge on any atom is -0.352 e. The van der Waals surface area contributed by atoms with Gasteiger partial charge in [0.05, 0.1) is 11.0 Å². The summed E-state index contributed by atoms with van der Waals surface area (Å²) >= 11 is 0. The predicted octanol–water partition coefficient (Wildman–Crippen LogP) is 0.854. The Labute approximate surface area is 98.4 Å². The number of fused-ring (bicyclic) bond motifs is 1. The first-order valence-electron chi connectivity index (χ1n) is 5.55. The number of para-hydroxylation sites is 2. The summed E-state index contributed by atoms with van der Waals surface area (Å²) in [7, 11) is 0. The van der Waals surface area contributed by atoms with Crippen LogP contribution >= 0.6 is 0 Å². The monoisotopic (exact) mass is 233 g/mol. The number of benzene rings is 1. The molecule has 1 amide bonds. The van der Waals surface area contributed by atoms with Crippen molar-refractivity contribution in [1.82, 2.24) is 14.9 Å². The van der Waals surface area contributed by atoms with Crippen LogP contribution in [-0.2, 0) is 11.3 Å². The highest BCUT2D eigenvalue weighted by atomic mass is 16.2. The molecule has 0 radical (unpaired) electrons. The number of carbonyl (C=O) groups is 1. The van der Waals surface area contributed by atoms with Gasteiger partial charge in [-0.1, -0.05) is 12.1 Å². The Morgan fingerprint density at radius 2 is 2.12 bits per heavy atom. The molecule has 0 unspecified atom stereocenters. The van der Waals surface area contributed by atoms with Gasteiger partial charge in [-0.05, 0) is 26.0 Å². The number of amides is 1. The lowest BCUT2D eigenvalue weighted by Crippen LogP contribution is -2.35. The van der Waals surface area contributed by atoms with Gasteiger partial charge in [0.25, 0.3) is 0 Å². The van der Waals surface area contributed by atoms with Crippen LogP contribution < -0.4 is 11.0 Å². The molecule has 17 heavy (non-hydrogen) atoms. The minimum atomic E-state index is -0.259. The quantitative estimate of drug-likeness (QED) is 0.825. The third-order valence-corrected chi connectivity index (χ3v) is 2.43. The van der Waals surface area contributed by atoms with Crippen LogP contribution in [0.15, 0.2) is 29.1 Å². The maximum Gasteiger partial charge on any atom is 0.326 e. The molecular weight excluding hydrogens is 218 g/mol. The molecule has 0 bridgehead atoms. The summed E-state index contributed by atoms with van der Waals surface area (Å²) < 4.78 is 1.44. The van der Waals surface area contributed by atoms with Crippen LogP contribution in [-0.4, -0.2) is 21.5 Å². The molecule has 0 fully saturated rings. The highest BCUT2D eigenvalue weighted by molar-refractivity contribution is 5.80. The lowest BCUT2D eigenvalue weighted by molar-refractivity contribution is -0.122. The van der Waals surface area contributed by atoms with Crippen LogP contribution in [0.4, 0.5) is 0 Å². The highest BCUT2D eigenvalue weighted by Crippen LogP contribution is 2.08. The van der Waals surface area contributed by atoms with Gasteiger partial charge in [0.2, 0.25) is 5.91 Å². The molecule has 1 aromatic carbocycles. The largest absolute Gasteiger partial charge is 0.352 e. The number of aromatic nitrogens is 2. The van der Waals surface area contributed by atoms with Gasteiger partial charge >= 0.3 is 5.69 Å². The first kappa shape index (κ1) is 11.4. The lowest BCUT2D eigenvalue weighted by Gasteiger charge is -2.08. The van der Waals surface area contributed by atoms with Crippen molar-refractivity contribution in [2.24, 2.45) is 0 Å². The zero-order valence-corrected chi connectivity index (χ0v) is 9.86. The minimum absolute atomic E-state index is 0.0427. The van der Waals surface area contributed by atoms with Gasteiger partial charge in [-0.2, -0.15) is 0 Å². The van der Waals surface area contributed by atoms with E-state index in [-0.39, 0.29) is 24.2 Å². The van der Waals surface area contributed by atoms with E-state index < -0.39 is 0 Å². The molecule has 2 N–H and O–H groups in total. The Hall–Kier alpha value is -2.04. The molecular formula is C12H15N3O2. The van der Waals surface area contributed by atoms with Crippen LogP contribution in [0.25, 0.3) is 11.0 Å². The topological polar surface area (TPSA) is 66.9 Å². The molecule has 0 spiro atoms. The van der Waals surface area contributed by atoms with E-state index in [1.54, 1.807) is 0 Å². The van der Waals surface area contributed by atoms with E-state index in [4.69, 9.17) is 0 Å². The maximum absolute atomic E-state index is 11.7. The fourth-order valence-electron chi connectivity index (χ4n) is 1.77. The molecule has 5 heteroatoms. The van der Waals surface area contributed by atoms with Crippen molar-refractivity contribution >= 4 is 16.9 Å². The Morgan fingerprint density at radius 3 is 2.82 bits per heavy atom. The molecule has 1 heterocycles. The Morgan fingerprint density at radius 1 is 1.41 bits per heavy atom. The Kier molecular flexibility index (Phi) is 2.99. The van der Waals surface area contributed by atoms with E-state index in [2.05, 4.69) is 10.3 Å². The van der Waals surface area contributed by atoms with E-state index in [0.29, 0.717) is 0 Å². The molecule has 0 saturated carbocycles. The van der Waals surface area contributed by atoms with Crippen molar-refractivity contribution in [3.63, 3.8) is 0 Å². The van der Waals surface area contributed by atoms with Gasteiger partial charge < -0.3 is 10.3 Å². The van der Waals surface area contributed by atoms with Crippen molar-refractivity contribution in [1.29, 1.82) is 0 Å². The standard InChI is InChI=1S/C12H15N3O2/c1-8(2)13-11(16)7-15-10-6-4-3-5-9(10)14-12(15)17/h3-6,8H,7H2,1-2H3,(H,13,16)(H,14,17). The molecule has 2 aromatic rings. The second kappa shape index (κ2) is 4.45. The number of rotatable bonds is 3. The molecule has 90 valence electrons. The van der Waals surface area contributed by atoms with Crippen LogP contribution in [0.2, 0.25) is 0 Å². The van der Waals surface area contributed by atoms with Crippen LogP contribution in [0.5, 0.6) is 0 Å². The van der Waals surface area contributed by atoms with E-state index in [0.717, 1.165) is 11.0 Å². The predicted molar refractivity (Wildman–Crippen MR) is 65.8 cm³/mol. The summed E-state index contributed by atoms with van der Waals surface area (Å²) in [5, 5.41) is 2.76. The summed E-state index contributed by atoms with van der Waals surface area (Å²) in [6.45, 7) is 3.81. The number of carbonyl (C=O) groups excluding carboxylic acids is 1. The summed E-state index contributed by atoms with van der Waals surface area (Å²) in [4.78, 5) is 26.0. The van der Waals surface area contributed by atoms with Crippen LogP contribution in [0.1, 0.15) is 13.8 Å². The molecule has 0 aliphatic carbocycles. The zero-order valence-electron chi connectivity index (χ0n) is 9.86. The Bertz CT molecular complexity index is 595. The first-order valence-corrected chi connectivity index (χ1v) is 5.55. The molecule has 5 nitrogen and oxygen atoms in total. The average molecular weight is 233 g/mol. The first-order chi connectivity index (χ1) is 8.08. The zero-order chi connectivity index (χ0) is 12.4. The molecule has 2 rings (SSSR count). The molecule has 0 aliphatic rings. The smallest absolute Gasteiger partial charge is 0.326 e. The van der Waals surface area contributed by atoms with Crippen LogP contribution in [0, 0.1) is 0 Å². The Balaban J connectivity index is 2.32. The second-order valence-electron chi connectivity index (χ2n) is 4.26. The maximum atomic E-state index is 11.7. The summed E-state index contributed by atoms with van der Waals surface area (Å²) in [5.74, 6) is -0.160.